The Balaban J connectivity index is 1.86. The van der Waals surface area contributed by atoms with Crippen molar-refractivity contribution >= 4 is 10.0 Å². The molecule has 2 aliphatic rings. The zero-order chi connectivity index (χ0) is 16.6. The van der Waals surface area contributed by atoms with E-state index in [1.54, 1.807) is 28.6 Å². The van der Waals surface area contributed by atoms with Gasteiger partial charge in [-0.05, 0) is 55.6 Å². The molecule has 4 nitrogen and oxygen atoms in total. The van der Waals surface area contributed by atoms with Gasteiger partial charge >= 0.3 is 0 Å². The molecule has 126 valence electrons. The molecule has 1 fully saturated rings. The van der Waals surface area contributed by atoms with Crippen LogP contribution in [0.1, 0.15) is 24.0 Å². The standard InChI is InChI=1S/C19H22N2O2S/c22-24(23,17-7-2-1-3-8-17)21-15-10-16-6-4-5-9-18(16)19(21)11-13-20-14-12-19/h1-9,20H,10-15H2. The maximum atomic E-state index is 13.4. The molecule has 0 aromatic heterocycles. The van der Waals surface area contributed by atoms with Crippen LogP contribution in [0.15, 0.2) is 59.5 Å². The molecule has 1 saturated heterocycles. The van der Waals surface area contributed by atoms with Crippen LogP contribution in [0.2, 0.25) is 0 Å². The summed E-state index contributed by atoms with van der Waals surface area (Å²) < 4.78 is 28.5. The van der Waals surface area contributed by atoms with Crippen LogP contribution in [-0.2, 0) is 22.0 Å². The quantitative estimate of drug-likeness (QED) is 0.912. The van der Waals surface area contributed by atoms with E-state index >= 15 is 0 Å². The average Bonchev–Trinajstić information content (AvgIpc) is 2.63. The van der Waals surface area contributed by atoms with E-state index in [9.17, 15) is 8.42 Å². The maximum absolute atomic E-state index is 13.4. The van der Waals surface area contributed by atoms with Gasteiger partial charge in [0.2, 0.25) is 10.0 Å². The van der Waals surface area contributed by atoms with E-state index in [0.717, 1.165) is 32.4 Å². The molecular weight excluding hydrogens is 320 g/mol. The Hall–Kier alpha value is -1.69. The van der Waals surface area contributed by atoms with Crippen molar-refractivity contribution < 1.29 is 8.42 Å². The number of rotatable bonds is 2. The van der Waals surface area contributed by atoms with Crippen LogP contribution in [0.3, 0.4) is 0 Å². The number of hydrogen-bond donors (Lipinski definition) is 1. The number of nitrogens with zero attached hydrogens (tertiary/aromatic N) is 1. The monoisotopic (exact) mass is 342 g/mol. The van der Waals surface area contributed by atoms with Gasteiger partial charge in [0.15, 0.2) is 0 Å². The highest BCUT2D eigenvalue weighted by molar-refractivity contribution is 7.89. The lowest BCUT2D eigenvalue weighted by Gasteiger charge is -2.49. The largest absolute Gasteiger partial charge is 0.317 e. The van der Waals surface area contributed by atoms with Gasteiger partial charge in [-0.1, -0.05) is 42.5 Å². The Labute approximate surface area is 143 Å². The van der Waals surface area contributed by atoms with Gasteiger partial charge in [0.1, 0.15) is 0 Å². The Morgan fingerprint density at radius 1 is 0.917 bits per heavy atom. The predicted octanol–water partition coefficient (Wildman–Crippen LogP) is 2.51. The Morgan fingerprint density at radius 3 is 2.33 bits per heavy atom. The summed E-state index contributed by atoms with van der Waals surface area (Å²) in [6.45, 7) is 2.23. The summed E-state index contributed by atoms with van der Waals surface area (Å²) in [5, 5.41) is 3.38. The number of piperidine rings is 1. The van der Waals surface area contributed by atoms with E-state index in [4.69, 9.17) is 0 Å². The molecule has 0 radical (unpaired) electrons. The van der Waals surface area contributed by atoms with Crippen molar-refractivity contribution in [2.45, 2.75) is 29.7 Å². The summed E-state index contributed by atoms with van der Waals surface area (Å²) in [6.07, 6.45) is 2.41. The molecule has 0 atom stereocenters. The maximum Gasteiger partial charge on any atom is 0.243 e. The Bertz CT molecular complexity index is 827. The summed E-state index contributed by atoms with van der Waals surface area (Å²) in [5.41, 5.74) is 2.06. The van der Waals surface area contributed by atoms with Gasteiger partial charge in [-0.25, -0.2) is 8.42 Å². The SMILES string of the molecule is O=S(=O)(c1ccccc1)N1CCc2ccccc2C12CCNCC2. The van der Waals surface area contributed by atoms with Crippen LogP contribution in [-0.4, -0.2) is 32.4 Å². The molecule has 0 aliphatic carbocycles. The molecule has 2 heterocycles. The number of hydrogen-bond acceptors (Lipinski definition) is 3. The van der Waals surface area contributed by atoms with Crippen LogP contribution in [0.4, 0.5) is 0 Å². The minimum atomic E-state index is -3.51. The average molecular weight is 342 g/mol. The number of sulfonamides is 1. The summed E-state index contributed by atoms with van der Waals surface area (Å²) in [6, 6.07) is 17.2. The third kappa shape index (κ3) is 2.39. The smallest absolute Gasteiger partial charge is 0.243 e. The lowest BCUT2D eigenvalue weighted by atomic mass is 9.76. The highest BCUT2D eigenvalue weighted by atomic mass is 32.2. The van der Waals surface area contributed by atoms with Crippen molar-refractivity contribution in [1.29, 1.82) is 0 Å². The molecule has 1 spiro atoms. The highest BCUT2D eigenvalue weighted by Gasteiger charge is 2.48. The Morgan fingerprint density at radius 2 is 1.58 bits per heavy atom. The van der Waals surface area contributed by atoms with Gasteiger partial charge in [-0.2, -0.15) is 4.31 Å². The van der Waals surface area contributed by atoms with Crippen LogP contribution in [0.5, 0.6) is 0 Å². The molecule has 2 aromatic rings. The highest BCUT2D eigenvalue weighted by Crippen LogP contribution is 2.44. The second kappa shape index (κ2) is 5.99. The van der Waals surface area contributed by atoms with Gasteiger partial charge < -0.3 is 5.32 Å². The first-order chi connectivity index (χ1) is 11.6. The zero-order valence-corrected chi connectivity index (χ0v) is 14.4. The second-order valence-electron chi connectivity index (χ2n) is 6.58. The molecule has 1 N–H and O–H groups in total. The summed E-state index contributed by atoms with van der Waals surface area (Å²) in [4.78, 5) is 0.391. The first-order valence-electron chi connectivity index (χ1n) is 8.52. The van der Waals surface area contributed by atoms with Gasteiger partial charge in [-0.15, -0.1) is 0 Å². The predicted molar refractivity (Wildman–Crippen MR) is 94.3 cm³/mol. The van der Waals surface area contributed by atoms with E-state index in [2.05, 4.69) is 23.5 Å². The first-order valence-corrected chi connectivity index (χ1v) is 9.96. The fourth-order valence-corrected chi connectivity index (χ4v) is 6.02. The topological polar surface area (TPSA) is 49.4 Å². The molecule has 0 bridgehead atoms. The molecule has 5 heteroatoms. The van der Waals surface area contributed by atoms with E-state index in [1.165, 1.54) is 11.1 Å². The molecule has 2 aliphatic heterocycles. The van der Waals surface area contributed by atoms with Crippen LogP contribution in [0.25, 0.3) is 0 Å². The fourth-order valence-electron chi connectivity index (χ4n) is 4.19. The van der Waals surface area contributed by atoms with Gasteiger partial charge in [0, 0.05) is 6.54 Å². The van der Waals surface area contributed by atoms with Gasteiger partial charge in [-0.3, -0.25) is 0 Å². The van der Waals surface area contributed by atoms with Crippen molar-refractivity contribution in [3.63, 3.8) is 0 Å². The molecule has 24 heavy (non-hydrogen) atoms. The number of benzene rings is 2. The molecule has 0 amide bonds. The van der Waals surface area contributed by atoms with E-state index in [0.29, 0.717) is 11.4 Å². The van der Waals surface area contributed by atoms with Crippen LogP contribution >= 0.6 is 0 Å². The van der Waals surface area contributed by atoms with Crippen LogP contribution in [0, 0.1) is 0 Å². The fraction of sp³-hybridized carbons (Fsp3) is 0.368. The van der Waals surface area contributed by atoms with Crippen LogP contribution < -0.4 is 5.32 Å². The van der Waals surface area contributed by atoms with Crippen molar-refractivity contribution in [2.75, 3.05) is 19.6 Å². The van der Waals surface area contributed by atoms with Crippen molar-refractivity contribution in [3.8, 4) is 0 Å². The minimum absolute atomic E-state index is 0.391. The van der Waals surface area contributed by atoms with Gasteiger partial charge in [0.25, 0.3) is 0 Å². The Kier molecular flexibility index (Phi) is 3.95. The zero-order valence-electron chi connectivity index (χ0n) is 13.6. The van der Waals surface area contributed by atoms with Crippen molar-refractivity contribution in [2.24, 2.45) is 0 Å². The molecule has 4 rings (SSSR count). The second-order valence-corrected chi connectivity index (χ2v) is 8.44. The third-order valence-electron chi connectivity index (χ3n) is 5.34. The molecular formula is C19H22N2O2S. The number of nitrogens with one attached hydrogen (secondary N) is 1. The lowest BCUT2D eigenvalue weighted by Crippen LogP contribution is -2.57. The van der Waals surface area contributed by atoms with Crippen molar-refractivity contribution in [1.82, 2.24) is 9.62 Å². The third-order valence-corrected chi connectivity index (χ3v) is 7.32. The summed E-state index contributed by atoms with van der Waals surface area (Å²) in [7, 11) is -3.51. The van der Waals surface area contributed by atoms with E-state index in [1.807, 2.05) is 12.1 Å². The molecule has 0 saturated carbocycles. The molecule has 0 unspecified atom stereocenters. The first kappa shape index (κ1) is 15.8. The molecule has 2 aromatic carbocycles. The van der Waals surface area contributed by atoms with E-state index in [-0.39, 0.29) is 0 Å². The summed E-state index contributed by atoms with van der Waals surface area (Å²) in [5.74, 6) is 0. The lowest BCUT2D eigenvalue weighted by molar-refractivity contribution is 0.124. The minimum Gasteiger partial charge on any atom is -0.317 e. The van der Waals surface area contributed by atoms with Crippen molar-refractivity contribution in [3.05, 3.63) is 65.7 Å². The normalized spacial score (nSPS) is 20.7. The van der Waals surface area contributed by atoms with Gasteiger partial charge in [0.05, 0.1) is 10.4 Å². The summed E-state index contributed by atoms with van der Waals surface area (Å²) >= 11 is 0. The van der Waals surface area contributed by atoms with E-state index < -0.39 is 15.6 Å². The number of fused-ring (bicyclic) bond motifs is 2.